The van der Waals surface area contributed by atoms with Gasteiger partial charge in [-0.1, -0.05) is 71.6 Å². The lowest BCUT2D eigenvalue weighted by molar-refractivity contribution is -0.0649. The van der Waals surface area contributed by atoms with Gasteiger partial charge in [-0.25, -0.2) is 0 Å². The van der Waals surface area contributed by atoms with Crippen LogP contribution in [0.25, 0.3) is 0 Å². The monoisotopic (exact) mass is 332 g/mol. The van der Waals surface area contributed by atoms with Crippen LogP contribution in [0, 0.1) is 22.7 Å². The van der Waals surface area contributed by atoms with Gasteiger partial charge in [0.2, 0.25) is 0 Å². The summed E-state index contributed by atoms with van der Waals surface area (Å²) in [6, 6.07) is 0. The summed E-state index contributed by atoms with van der Waals surface area (Å²) in [5, 5.41) is 0. The van der Waals surface area contributed by atoms with Crippen molar-refractivity contribution in [1.29, 1.82) is 0 Å². The van der Waals surface area contributed by atoms with Gasteiger partial charge >= 0.3 is 0 Å². The minimum absolute atomic E-state index is 0.798. The van der Waals surface area contributed by atoms with Gasteiger partial charge in [0.05, 0.1) is 0 Å². The molecule has 0 aromatic carbocycles. The highest BCUT2D eigenvalue weighted by atomic mass is 14.6. The predicted molar refractivity (Wildman–Crippen MR) is 106 cm³/mol. The topological polar surface area (TPSA) is 0 Å². The van der Waals surface area contributed by atoms with Crippen LogP contribution in [0.4, 0.5) is 0 Å². The zero-order valence-electron chi connectivity index (χ0n) is 16.9. The van der Waals surface area contributed by atoms with Crippen LogP contribution in [0.3, 0.4) is 0 Å². The molecule has 0 aromatic rings. The Morgan fingerprint density at radius 1 is 0.667 bits per heavy atom. The third kappa shape index (κ3) is 4.21. The zero-order chi connectivity index (χ0) is 16.9. The lowest BCUT2D eigenvalue weighted by Crippen LogP contribution is -2.46. The van der Waals surface area contributed by atoms with Crippen molar-refractivity contribution in [2.24, 2.45) is 22.7 Å². The first-order chi connectivity index (χ1) is 11.7. The van der Waals surface area contributed by atoms with Crippen LogP contribution in [0.5, 0.6) is 0 Å². The van der Waals surface area contributed by atoms with Gasteiger partial charge in [-0.3, -0.25) is 0 Å². The van der Waals surface area contributed by atoms with E-state index in [9.17, 15) is 0 Å². The van der Waals surface area contributed by atoms with Gasteiger partial charge in [-0.2, -0.15) is 0 Å². The first kappa shape index (κ1) is 18.8. The molecule has 0 aliphatic heterocycles. The maximum atomic E-state index is 2.40. The molecule has 0 amide bonds. The molecule has 0 atom stereocenters. The maximum absolute atomic E-state index is 2.40. The van der Waals surface area contributed by atoms with Crippen molar-refractivity contribution in [3.8, 4) is 0 Å². The van der Waals surface area contributed by atoms with Crippen molar-refractivity contribution in [2.45, 2.75) is 129 Å². The summed E-state index contributed by atoms with van der Waals surface area (Å²) in [5.41, 5.74) is 1.60. The van der Waals surface area contributed by atoms with Crippen molar-refractivity contribution in [1.82, 2.24) is 0 Å². The number of hydrogen-bond acceptors (Lipinski definition) is 0. The van der Waals surface area contributed by atoms with Crippen LogP contribution in [-0.2, 0) is 0 Å². The fraction of sp³-hybridized carbons (Fsp3) is 1.00. The Kier molecular flexibility index (Phi) is 6.72. The SMILES string of the molecule is CCCCCCC[C@H]1CC[C@H](C23CCC(CCC)(CC2)CC3)CC1. The zero-order valence-corrected chi connectivity index (χ0v) is 16.9. The van der Waals surface area contributed by atoms with E-state index in [-0.39, 0.29) is 0 Å². The largest absolute Gasteiger partial charge is 0.0654 e. The lowest BCUT2D eigenvalue weighted by atomic mass is 9.47. The smallest absolute Gasteiger partial charge is 0.0269 e. The van der Waals surface area contributed by atoms with Crippen LogP contribution >= 0.6 is 0 Å². The van der Waals surface area contributed by atoms with Crippen molar-refractivity contribution in [3.63, 3.8) is 0 Å². The van der Waals surface area contributed by atoms with Gasteiger partial charge in [-0.15, -0.1) is 0 Å². The first-order valence-corrected chi connectivity index (χ1v) is 11.7. The Morgan fingerprint density at radius 3 is 1.88 bits per heavy atom. The Labute approximate surface area is 152 Å². The molecule has 140 valence electrons. The first-order valence-electron chi connectivity index (χ1n) is 11.7. The summed E-state index contributed by atoms with van der Waals surface area (Å²) in [6.45, 7) is 4.72. The van der Waals surface area contributed by atoms with E-state index in [1.165, 1.54) is 44.9 Å². The molecule has 0 nitrogen and oxygen atoms in total. The molecule has 0 saturated heterocycles. The van der Waals surface area contributed by atoms with E-state index in [4.69, 9.17) is 0 Å². The minimum Gasteiger partial charge on any atom is -0.0654 e. The van der Waals surface area contributed by atoms with Crippen molar-refractivity contribution in [3.05, 3.63) is 0 Å². The molecule has 2 bridgehead atoms. The number of unbranched alkanes of at least 4 members (excludes halogenated alkanes) is 4. The number of rotatable bonds is 9. The fourth-order valence-corrected chi connectivity index (χ4v) is 6.91. The van der Waals surface area contributed by atoms with E-state index in [1.807, 2.05) is 0 Å². The van der Waals surface area contributed by atoms with Gasteiger partial charge < -0.3 is 0 Å². The second-order valence-corrected chi connectivity index (χ2v) is 10.0. The van der Waals surface area contributed by atoms with Gasteiger partial charge in [-0.05, 0) is 80.5 Å². The summed E-state index contributed by atoms with van der Waals surface area (Å²) in [5.74, 6) is 2.19. The van der Waals surface area contributed by atoms with Crippen LogP contribution in [0.1, 0.15) is 129 Å². The summed E-state index contributed by atoms with van der Waals surface area (Å²) in [6.07, 6.45) is 27.6. The van der Waals surface area contributed by atoms with E-state index in [0.717, 1.165) is 22.7 Å². The summed E-state index contributed by atoms with van der Waals surface area (Å²) >= 11 is 0. The Balaban J connectivity index is 1.40. The van der Waals surface area contributed by atoms with Crippen molar-refractivity contribution in [2.75, 3.05) is 0 Å². The van der Waals surface area contributed by atoms with E-state index in [0.29, 0.717) is 0 Å². The normalized spacial score (nSPS) is 39.2. The molecule has 4 rings (SSSR count). The standard InChI is InChI=1S/C24H44/c1-3-5-6-7-8-9-21-10-12-22(13-11-21)24-18-15-23(14-4-2,16-19-24)17-20-24/h21-22H,3-20H2,1-2H3/t21-,22-,23?,24?. The minimum atomic E-state index is 0.798. The third-order valence-electron chi connectivity index (χ3n) is 8.67. The molecular formula is C24H44. The van der Waals surface area contributed by atoms with Crippen molar-refractivity contribution >= 4 is 0 Å². The predicted octanol–water partition coefficient (Wildman–Crippen LogP) is 8.29. The van der Waals surface area contributed by atoms with Gasteiger partial charge in [0.25, 0.3) is 0 Å². The Bertz CT molecular complexity index is 336. The Hall–Kier alpha value is 0. The molecular weight excluding hydrogens is 288 g/mol. The summed E-state index contributed by atoms with van der Waals surface area (Å²) in [7, 11) is 0. The molecule has 4 aliphatic rings. The van der Waals surface area contributed by atoms with Crippen molar-refractivity contribution < 1.29 is 0 Å². The summed E-state index contributed by atoms with van der Waals surface area (Å²) in [4.78, 5) is 0. The molecule has 0 heteroatoms. The number of hydrogen-bond donors (Lipinski definition) is 0. The van der Waals surface area contributed by atoms with Gasteiger partial charge in [0.1, 0.15) is 0 Å². The third-order valence-corrected chi connectivity index (χ3v) is 8.67. The highest BCUT2D eigenvalue weighted by Gasteiger charge is 2.51. The van der Waals surface area contributed by atoms with Gasteiger partial charge in [0, 0.05) is 0 Å². The molecule has 24 heavy (non-hydrogen) atoms. The van der Waals surface area contributed by atoms with Crippen LogP contribution < -0.4 is 0 Å². The molecule has 4 saturated carbocycles. The highest BCUT2D eigenvalue weighted by Crippen LogP contribution is 2.63. The maximum Gasteiger partial charge on any atom is -0.0269 e. The second-order valence-electron chi connectivity index (χ2n) is 10.0. The molecule has 0 spiro atoms. The molecule has 4 fully saturated rings. The van der Waals surface area contributed by atoms with E-state index in [2.05, 4.69) is 13.8 Å². The Morgan fingerprint density at radius 2 is 1.29 bits per heavy atom. The molecule has 0 aromatic heterocycles. The lowest BCUT2D eigenvalue weighted by Gasteiger charge is -2.58. The second kappa shape index (κ2) is 8.59. The van der Waals surface area contributed by atoms with E-state index >= 15 is 0 Å². The molecule has 0 radical (unpaired) electrons. The van der Waals surface area contributed by atoms with E-state index < -0.39 is 0 Å². The summed E-state index contributed by atoms with van der Waals surface area (Å²) < 4.78 is 0. The van der Waals surface area contributed by atoms with Gasteiger partial charge in [0.15, 0.2) is 0 Å². The average Bonchev–Trinajstić information content (AvgIpc) is 2.64. The van der Waals surface area contributed by atoms with Crippen LogP contribution in [0.2, 0.25) is 0 Å². The number of fused-ring (bicyclic) bond motifs is 3. The molecule has 0 unspecified atom stereocenters. The fourth-order valence-electron chi connectivity index (χ4n) is 6.91. The highest BCUT2D eigenvalue weighted by molar-refractivity contribution is 5.02. The average molecular weight is 333 g/mol. The quantitative estimate of drug-likeness (QED) is 0.372. The molecule has 4 aliphatic carbocycles. The van der Waals surface area contributed by atoms with E-state index in [1.54, 1.807) is 70.6 Å². The molecule has 0 N–H and O–H groups in total. The van der Waals surface area contributed by atoms with Crippen LogP contribution in [-0.4, -0.2) is 0 Å². The van der Waals surface area contributed by atoms with Crippen LogP contribution in [0.15, 0.2) is 0 Å². The molecule has 0 heterocycles.